The molecule has 0 bridgehead atoms. The molecule has 172 valence electrons. The molecule has 6 heteroatoms. The Morgan fingerprint density at radius 3 is 1.68 bits per heavy atom. The van der Waals surface area contributed by atoms with Crippen LogP contribution in [0.25, 0.3) is 0 Å². The number of hydrogen-bond acceptors (Lipinski definition) is 5. The molecule has 0 heterocycles. The van der Waals surface area contributed by atoms with Gasteiger partial charge in [-0.1, -0.05) is 66.2 Å². The molecule has 0 spiro atoms. The third kappa shape index (κ3) is 5.75. The monoisotopic (exact) mass is 470 g/mol. The zero-order valence-corrected chi connectivity index (χ0v) is 20.4. The number of anilines is 1. The van der Waals surface area contributed by atoms with Crippen LogP contribution < -0.4 is 13.9 Å². The zero-order chi connectivity index (χ0) is 24.0. The largest absolute Gasteiger partial charge is 0.481 e. The highest BCUT2D eigenvalue weighted by molar-refractivity contribution is 7.73. The lowest BCUT2D eigenvalue weighted by atomic mass is 10.2. The number of aliphatic imine (C=N–C) groups is 1. The van der Waals surface area contributed by atoms with E-state index in [1.54, 1.807) is 24.3 Å². The lowest BCUT2D eigenvalue weighted by Crippen LogP contribution is -2.14. The minimum Gasteiger partial charge on any atom is -0.412 e. The van der Waals surface area contributed by atoms with Gasteiger partial charge in [-0.2, -0.15) is 0 Å². The Morgan fingerprint density at radius 2 is 1.21 bits per heavy atom. The third-order valence-electron chi connectivity index (χ3n) is 5.11. The standard InChI is InChI=1S/C28H27N2O3P/c1-22-14-18-24(19-15-22)29-28(23-16-20-25(21-17-23)30(2)3)34(31,32-26-10-6-4-7-11-26)33-27-12-8-5-9-13-27/h4-21H,1-3H3. The number of nitrogens with zero attached hydrogens (tertiary/aromatic N) is 2. The summed E-state index contributed by atoms with van der Waals surface area (Å²) >= 11 is 0. The van der Waals surface area contributed by atoms with Gasteiger partial charge in [0.15, 0.2) is 5.45 Å². The van der Waals surface area contributed by atoms with Crippen LogP contribution in [0.3, 0.4) is 0 Å². The molecular weight excluding hydrogens is 443 g/mol. The van der Waals surface area contributed by atoms with Crippen LogP contribution >= 0.6 is 7.60 Å². The molecule has 0 aromatic heterocycles. The second kappa shape index (κ2) is 10.4. The molecule has 0 saturated heterocycles. The fraction of sp³-hybridized carbons (Fsp3) is 0.107. The van der Waals surface area contributed by atoms with Gasteiger partial charge in [-0.15, -0.1) is 0 Å². The first-order valence-electron chi connectivity index (χ1n) is 11.0. The van der Waals surface area contributed by atoms with Crippen LogP contribution in [0.4, 0.5) is 11.4 Å². The maximum atomic E-state index is 14.6. The van der Waals surface area contributed by atoms with Gasteiger partial charge >= 0.3 is 7.60 Å². The summed E-state index contributed by atoms with van der Waals surface area (Å²) in [5, 5.41) is 0. The highest BCUT2D eigenvalue weighted by Crippen LogP contribution is 2.52. The maximum Gasteiger partial charge on any atom is 0.481 e. The quantitative estimate of drug-likeness (QED) is 0.198. The number of rotatable bonds is 8. The van der Waals surface area contributed by atoms with Crippen LogP contribution in [-0.4, -0.2) is 19.5 Å². The summed E-state index contributed by atoms with van der Waals surface area (Å²) < 4.78 is 26.7. The van der Waals surface area contributed by atoms with Crippen molar-refractivity contribution in [3.63, 3.8) is 0 Å². The summed E-state index contributed by atoms with van der Waals surface area (Å²) in [4.78, 5) is 6.80. The average molecular weight is 471 g/mol. The highest BCUT2D eigenvalue weighted by atomic mass is 31.2. The first-order valence-corrected chi connectivity index (χ1v) is 12.5. The summed E-state index contributed by atoms with van der Waals surface area (Å²) in [6.07, 6.45) is 0. The number of benzene rings is 4. The van der Waals surface area contributed by atoms with Crippen molar-refractivity contribution in [1.82, 2.24) is 0 Å². The first-order chi connectivity index (χ1) is 16.4. The normalized spacial score (nSPS) is 11.7. The van der Waals surface area contributed by atoms with Crippen LogP contribution in [0.2, 0.25) is 0 Å². The molecule has 0 atom stereocenters. The van der Waals surface area contributed by atoms with E-state index in [-0.39, 0.29) is 5.45 Å². The molecule has 0 N–H and O–H groups in total. The highest BCUT2D eigenvalue weighted by Gasteiger charge is 2.37. The summed E-state index contributed by atoms with van der Waals surface area (Å²) in [5.74, 6) is 0.867. The molecule has 0 aliphatic rings. The SMILES string of the molecule is Cc1ccc(N=C(c2ccc(N(C)C)cc2)P(=O)(Oc2ccccc2)Oc2ccccc2)cc1. The van der Waals surface area contributed by atoms with Gasteiger partial charge < -0.3 is 13.9 Å². The molecule has 0 saturated carbocycles. The number of hydrogen-bond donors (Lipinski definition) is 0. The lowest BCUT2D eigenvalue weighted by Gasteiger charge is -2.22. The molecule has 0 amide bonds. The van der Waals surface area contributed by atoms with Gasteiger partial charge in [0.25, 0.3) is 0 Å². The van der Waals surface area contributed by atoms with Crippen LogP contribution in [-0.2, 0) is 4.57 Å². The van der Waals surface area contributed by atoms with Gasteiger partial charge in [0, 0.05) is 25.3 Å². The van der Waals surface area contributed by atoms with E-state index in [1.807, 2.05) is 111 Å². The fourth-order valence-electron chi connectivity index (χ4n) is 3.28. The van der Waals surface area contributed by atoms with Gasteiger partial charge in [0.2, 0.25) is 0 Å². The van der Waals surface area contributed by atoms with Crippen molar-refractivity contribution in [1.29, 1.82) is 0 Å². The van der Waals surface area contributed by atoms with Crippen LogP contribution in [0.1, 0.15) is 11.1 Å². The molecule has 0 aliphatic heterocycles. The second-order valence-corrected chi connectivity index (χ2v) is 9.80. The minimum atomic E-state index is -3.97. The molecule has 34 heavy (non-hydrogen) atoms. The molecule has 0 unspecified atom stereocenters. The number of para-hydroxylation sites is 2. The Morgan fingerprint density at radius 1 is 0.706 bits per heavy atom. The van der Waals surface area contributed by atoms with Gasteiger partial charge in [-0.05, 0) is 55.5 Å². The van der Waals surface area contributed by atoms with Gasteiger partial charge in [-0.25, -0.2) is 9.56 Å². The smallest absolute Gasteiger partial charge is 0.412 e. The van der Waals surface area contributed by atoms with E-state index in [0.717, 1.165) is 11.3 Å². The van der Waals surface area contributed by atoms with E-state index in [2.05, 4.69) is 0 Å². The van der Waals surface area contributed by atoms with E-state index >= 15 is 0 Å². The average Bonchev–Trinajstić information content (AvgIpc) is 2.85. The Balaban J connectivity index is 1.87. The van der Waals surface area contributed by atoms with E-state index in [0.29, 0.717) is 22.7 Å². The predicted molar refractivity (Wildman–Crippen MR) is 140 cm³/mol. The Hall–Kier alpha value is -3.82. The summed E-state index contributed by atoms with van der Waals surface area (Å²) in [6, 6.07) is 33.4. The first kappa shape index (κ1) is 23.3. The Bertz CT molecular complexity index is 1240. The zero-order valence-electron chi connectivity index (χ0n) is 19.5. The predicted octanol–water partition coefficient (Wildman–Crippen LogP) is 7.49. The summed E-state index contributed by atoms with van der Waals surface area (Å²) in [6.45, 7) is 2.01. The van der Waals surface area contributed by atoms with Crippen LogP contribution in [0.5, 0.6) is 11.5 Å². The van der Waals surface area contributed by atoms with E-state index in [4.69, 9.17) is 14.0 Å². The molecular formula is C28H27N2O3P. The van der Waals surface area contributed by atoms with Crippen molar-refractivity contribution in [3.8, 4) is 11.5 Å². The summed E-state index contributed by atoms with van der Waals surface area (Å²) in [7, 11) is -0.0340. The molecule has 4 aromatic rings. The minimum absolute atomic E-state index is 0.231. The van der Waals surface area contributed by atoms with Crippen molar-refractivity contribution in [2.45, 2.75) is 6.92 Å². The maximum absolute atomic E-state index is 14.6. The number of aryl methyl sites for hydroxylation is 1. The van der Waals surface area contributed by atoms with Crippen LogP contribution in [0.15, 0.2) is 114 Å². The van der Waals surface area contributed by atoms with Crippen molar-refractivity contribution in [2.75, 3.05) is 19.0 Å². The van der Waals surface area contributed by atoms with Gasteiger partial charge in [0.05, 0.1) is 5.69 Å². The summed E-state index contributed by atoms with van der Waals surface area (Å²) in [5.41, 5.74) is 3.67. The van der Waals surface area contributed by atoms with E-state index in [1.165, 1.54) is 0 Å². The van der Waals surface area contributed by atoms with Crippen LogP contribution in [0, 0.1) is 6.92 Å². The van der Waals surface area contributed by atoms with Gasteiger partial charge in [0.1, 0.15) is 11.5 Å². The van der Waals surface area contributed by atoms with Crippen molar-refractivity contribution < 1.29 is 13.6 Å². The molecule has 4 aromatic carbocycles. The van der Waals surface area contributed by atoms with Crippen molar-refractivity contribution >= 4 is 24.4 Å². The van der Waals surface area contributed by atoms with E-state index in [9.17, 15) is 4.57 Å². The molecule has 0 radical (unpaired) electrons. The van der Waals surface area contributed by atoms with Crippen molar-refractivity contribution in [2.24, 2.45) is 4.99 Å². The fourth-order valence-corrected chi connectivity index (χ4v) is 4.99. The lowest BCUT2D eigenvalue weighted by molar-refractivity contribution is 0.402. The topological polar surface area (TPSA) is 51.1 Å². The molecule has 0 aliphatic carbocycles. The van der Waals surface area contributed by atoms with Gasteiger partial charge in [-0.3, -0.25) is 0 Å². The Labute approximate surface area is 200 Å². The second-order valence-electron chi connectivity index (χ2n) is 8.02. The molecule has 0 fully saturated rings. The third-order valence-corrected chi connectivity index (χ3v) is 6.89. The molecule has 4 rings (SSSR count). The molecule has 5 nitrogen and oxygen atoms in total. The Kier molecular flexibility index (Phi) is 7.15. The van der Waals surface area contributed by atoms with E-state index < -0.39 is 7.60 Å². The van der Waals surface area contributed by atoms with Crippen molar-refractivity contribution in [3.05, 3.63) is 120 Å².